The van der Waals surface area contributed by atoms with Crippen LogP contribution in [-0.2, 0) is 13.0 Å². The number of aryl methyl sites for hydroxylation is 2. The van der Waals surface area contributed by atoms with Crippen molar-refractivity contribution in [2.75, 3.05) is 7.05 Å². The Bertz CT molecular complexity index is 1230. The Hall–Kier alpha value is -3.74. The van der Waals surface area contributed by atoms with Crippen LogP contribution in [-0.4, -0.2) is 32.8 Å². The van der Waals surface area contributed by atoms with Crippen molar-refractivity contribution < 1.29 is 13.7 Å². The summed E-state index contributed by atoms with van der Waals surface area (Å²) in [5.74, 6) is -0.419. The molecule has 0 saturated carbocycles. The fourth-order valence-corrected chi connectivity index (χ4v) is 3.56. The third-order valence-electron chi connectivity index (χ3n) is 4.98. The molecule has 1 amide bonds. The van der Waals surface area contributed by atoms with Crippen LogP contribution in [0.4, 0.5) is 4.39 Å². The van der Waals surface area contributed by atoms with Crippen LogP contribution in [0.2, 0.25) is 0 Å². The van der Waals surface area contributed by atoms with Crippen molar-refractivity contribution in [2.45, 2.75) is 26.8 Å². The predicted molar refractivity (Wildman–Crippen MR) is 115 cm³/mol. The molecule has 31 heavy (non-hydrogen) atoms. The lowest BCUT2D eigenvalue weighted by molar-refractivity contribution is 0.0743. The molecular formula is C24H23FN4O2. The average Bonchev–Trinajstić information content (AvgIpc) is 3.33. The van der Waals surface area contributed by atoms with Crippen LogP contribution in [0.15, 0.2) is 65.2 Å². The first-order valence-corrected chi connectivity index (χ1v) is 9.97. The zero-order valence-corrected chi connectivity index (χ0v) is 17.7. The third kappa shape index (κ3) is 4.71. The molecule has 0 aliphatic rings. The minimum Gasteiger partial charge on any atom is -0.351 e. The van der Waals surface area contributed by atoms with Crippen LogP contribution in [0, 0.1) is 19.7 Å². The summed E-state index contributed by atoms with van der Waals surface area (Å²) in [6.45, 7) is 4.37. The summed E-state index contributed by atoms with van der Waals surface area (Å²) in [4.78, 5) is 14.4. The Morgan fingerprint density at radius 1 is 1.06 bits per heavy atom. The van der Waals surface area contributed by atoms with E-state index >= 15 is 0 Å². The van der Waals surface area contributed by atoms with Gasteiger partial charge in [0.25, 0.3) is 5.91 Å². The number of hydrogen-bond donors (Lipinski definition) is 0. The van der Waals surface area contributed by atoms with Gasteiger partial charge in [-0.2, -0.15) is 5.10 Å². The molecule has 0 fully saturated rings. The summed E-state index contributed by atoms with van der Waals surface area (Å²) < 4.78 is 20.5. The van der Waals surface area contributed by atoms with Crippen molar-refractivity contribution in [2.24, 2.45) is 0 Å². The van der Waals surface area contributed by atoms with Gasteiger partial charge in [-0.3, -0.25) is 4.79 Å². The number of carbonyl (C=O) groups is 1. The van der Waals surface area contributed by atoms with E-state index in [9.17, 15) is 9.18 Å². The molecule has 158 valence electrons. The van der Waals surface area contributed by atoms with E-state index in [1.165, 1.54) is 12.1 Å². The molecule has 2 aromatic heterocycles. The highest BCUT2D eigenvalue weighted by Crippen LogP contribution is 2.17. The van der Waals surface area contributed by atoms with Gasteiger partial charge in [0.2, 0.25) is 5.76 Å². The van der Waals surface area contributed by atoms with Crippen LogP contribution in [0.1, 0.15) is 38.8 Å². The van der Waals surface area contributed by atoms with E-state index in [4.69, 9.17) is 4.52 Å². The van der Waals surface area contributed by atoms with Crippen molar-refractivity contribution in [3.8, 4) is 5.69 Å². The Kier molecular flexibility index (Phi) is 5.66. The van der Waals surface area contributed by atoms with E-state index in [0.29, 0.717) is 18.7 Å². The van der Waals surface area contributed by atoms with Gasteiger partial charge in [0.15, 0.2) is 0 Å². The highest BCUT2D eigenvalue weighted by Gasteiger charge is 2.18. The van der Waals surface area contributed by atoms with E-state index in [0.717, 1.165) is 28.2 Å². The summed E-state index contributed by atoms with van der Waals surface area (Å²) in [7, 11) is 1.72. The van der Waals surface area contributed by atoms with Crippen LogP contribution in [0.25, 0.3) is 5.69 Å². The summed E-state index contributed by atoms with van der Waals surface area (Å²) in [6, 6.07) is 17.8. The maximum absolute atomic E-state index is 13.4. The largest absolute Gasteiger partial charge is 0.351 e. The lowest BCUT2D eigenvalue weighted by Gasteiger charge is -2.16. The van der Waals surface area contributed by atoms with Gasteiger partial charge < -0.3 is 9.42 Å². The summed E-state index contributed by atoms with van der Waals surface area (Å²) in [5, 5.41) is 8.48. The lowest BCUT2D eigenvalue weighted by Crippen LogP contribution is -2.25. The normalized spacial score (nSPS) is 11.0. The molecule has 0 bridgehead atoms. The Morgan fingerprint density at radius 3 is 2.58 bits per heavy atom. The van der Waals surface area contributed by atoms with E-state index in [1.807, 2.05) is 48.9 Å². The Labute approximate surface area is 179 Å². The highest BCUT2D eigenvalue weighted by molar-refractivity contribution is 5.91. The molecule has 0 spiro atoms. The maximum Gasteiger partial charge on any atom is 0.292 e. The Balaban J connectivity index is 1.45. The molecule has 0 atom stereocenters. The molecule has 2 aromatic carbocycles. The first-order valence-electron chi connectivity index (χ1n) is 9.97. The SMILES string of the molecule is Cc1cc(C)n(-c2cccc(CN(C)C(=O)c3cc(Cc4cccc(F)c4)no3)c2)n1. The summed E-state index contributed by atoms with van der Waals surface area (Å²) in [6.07, 6.45) is 0.392. The summed E-state index contributed by atoms with van der Waals surface area (Å²) >= 11 is 0. The number of carbonyl (C=O) groups excluding carboxylic acids is 1. The molecule has 2 heterocycles. The second-order valence-electron chi connectivity index (χ2n) is 7.66. The van der Waals surface area contributed by atoms with E-state index in [1.54, 1.807) is 30.1 Å². The number of nitrogens with zero attached hydrogens (tertiary/aromatic N) is 4. The van der Waals surface area contributed by atoms with Crippen LogP contribution in [0.3, 0.4) is 0 Å². The molecule has 0 aliphatic carbocycles. The molecule has 0 unspecified atom stereocenters. The highest BCUT2D eigenvalue weighted by atomic mass is 19.1. The third-order valence-corrected chi connectivity index (χ3v) is 4.98. The first kappa shape index (κ1) is 20.5. The molecule has 0 N–H and O–H groups in total. The molecule has 6 nitrogen and oxygen atoms in total. The van der Waals surface area contributed by atoms with Gasteiger partial charge in [-0.1, -0.05) is 29.4 Å². The first-order chi connectivity index (χ1) is 14.9. The van der Waals surface area contributed by atoms with E-state index in [-0.39, 0.29) is 17.5 Å². The van der Waals surface area contributed by atoms with Gasteiger partial charge in [-0.25, -0.2) is 9.07 Å². The second-order valence-corrected chi connectivity index (χ2v) is 7.66. The zero-order valence-electron chi connectivity index (χ0n) is 17.7. The zero-order chi connectivity index (χ0) is 22.0. The average molecular weight is 418 g/mol. The van der Waals surface area contributed by atoms with Gasteiger partial charge in [-0.05, 0) is 55.3 Å². The van der Waals surface area contributed by atoms with Crippen LogP contribution in [0.5, 0.6) is 0 Å². The predicted octanol–water partition coefficient (Wildman–Crippen LogP) is 4.48. The van der Waals surface area contributed by atoms with Crippen molar-refractivity contribution in [1.29, 1.82) is 0 Å². The van der Waals surface area contributed by atoms with E-state index < -0.39 is 0 Å². The second kappa shape index (κ2) is 8.55. The number of aromatic nitrogens is 3. The summed E-state index contributed by atoms with van der Waals surface area (Å²) in [5.41, 5.74) is 5.26. The molecule has 4 rings (SSSR count). The van der Waals surface area contributed by atoms with Crippen LogP contribution < -0.4 is 0 Å². The van der Waals surface area contributed by atoms with Crippen molar-refractivity contribution in [3.05, 3.63) is 100 Å². The van der Waals surface area contributed by atoms with Gasteiger partial charge in [-0.15, -0.1) is 0 Å². The maximum atomic E-state index is 13.4. The standard InChI is InChI=1S/C24H23FN4O2/c1-16-10-17(2)29(26-16)22-9-5-7-19(13-22)15-28(3)24(30)23-14-21(27-31-23)12-18-6-4-8-20(25)11-18/h4-11,13-14H,12,15H2,1-3H3. The molecule has 0 saturated heterocycles. The Morgan fingerprint density at radius 2 is 1.84 bits per heavy atom. The monoisotopic (exact) mass is 418 g/mol. The number of benzene rings is 2. The lowest BCUT2D eigenvalue weighted by atomic mass is 10.1. The quantitative estimate of drug-likeness (QED) is 0.463. The van der Waals surface area contributed by atoms with Crippen LogP contribution >= 0.6 is 0 Å². The number of halogens is 1. The van der Waals surface area contributed by atoms with Crippen molar-refractivity contribution in [3.63, 3.8) is 0 Å². The van der Waals surface area contributed by atoms with Crippen molar-refractivity contribution >= 4 is 5.91 Å². The molecule has 4 aromatic rings. The van der Waals surface area contributed by atoms with Gasteiger partial charge in [0, 0.05) is 31.8 Å². The topological polar surface area (TPSA) is 64.2 Å². The fraction of sp³-hybridized carbons (Fsp3) is 0.208. The fourth-order valence-electron chi connectivity index (χ4n) is 3.56. The molecule has 0 aliphatic heterocycles. The smallest absolute Gasteiger partial charge is 0.292 e. The minimum absolute atomic E-state index is 0.156. The minimum atomic E-state index is -0.306. The van der Waals surface area contributed by atoms with Gasteiger partial charge >= 0.3 is 0 Å². The molecule has 7 heteroatoms. The molecule has 0 radical (unpaired) electrons. The number of rotatable bonds is 6. The number of hydrogen-bond acceptors (Lipinski definition) is 4. The van der Waals surface area contributed by atoms with Gasteiger partial charge in [0.05, 0.1) is 17.1 Å². The van der Waals surface area contributed by atoms with E-state index in [2.05, 4.69) is 10.3 Å². The van der Waals surface area contributed by atoms with Crippen molar-refractivity contribution in [1.82, 2.24) is 19.8 Å². The van der Waals surface area contributed by atoms with Gasteiger partial charge in [0.1, 0.15) is 5.82 Å². The number of amides is 1. The molecular weight excluding hydrogens is 395 g/mol.